The summed E-state index contributed by atoms with van der Waals surface area (Å²) < 4.78 is 53.5. The first-order chi connectivity index (χ1) is 13.3. The van der Waals surface area contributed by atoms with E-state index in [1.54, 1.807) is 16.0 Å². The fourth-order valence-electron chi connectivity index (χ4n) is 2.71. The number of carbonyl (C=O) groups excluding carboxylic acids is 1. The Morgan fingerprint density at radius 1 is 1.11 bits per heavy atom. The van der Waals surface area contributed by atoms with Gasteiger partial charge in [-0.25, -0.2) is 9.37 Å². The summed E-state index contributed by atoms with van der Waals surface area (Å²) in [4.78, 5) is 17.6. The van der Waals surface area contributed by atoms with E-state index in [0.29, 0.717) is 22.8 Å². The Kier molecular flexibility index (Phi) is 4.38. The summed E-state index contributed by atoms with van der Waals surface area (Å²) in [6, 6.07) is 11.7. The van der Waals surface area contributed by atoms with Crippen molar-refractivity contribution in [3.8, 4) is 11.3 Å². The molecule has 9 heteroatoms. The average molecular weight is 405 g/mol. The Morgan fingerprint density at radius 2 is 1.86 bits per heavy atom. The van der Waals surface area contributed by atoms with Crippen molar-refractivity contribution in [2.75, 3.05) is 5.32 Å². The largest absolute Gasteiger partial charge is 0.419 e. The maximum Gasteiger partial charge on any atom is 0.419 e. The lowest BCUT2D eigenvalue weighted by atomic mass is 10.1. The Bertz CT molecular complexity index is 1170. The molecule has 4 aromatic rings. The van der Waals surface area contributed by atoms with E-state index in [1.807, 2.05) is 30.3 Å². The molecule has 0 fully saturated rings. The van der Waals surface area contributed by atoms with E-state index in [-0.39, 0.29) is 11.4 Å². The van der Waals surface area contributed by atoms with E-state index >= 15 is 0 Å². The molecular formula is C19H11F4N3OS. The number of hydrogen-bond acceptors (Lipinski definition) is 3. The summed E-state index contributed by atoms with van der Waals surface area (Å²) in [5.41, 5.74) is 0.171. The van der Waals surface area contributed by atoms with E-state index < -0.39 is 23.5 Å². The molecule has 142 valence electrons. The SMILES string of the molecule is O=C(Nc1ccc(F)c(C(F)(F)F)c1)c1csc2nc(-c3ccccc3)cn12. The van der Waals surface area contributed by atoms with Crippen molar-refractivity contribution in [2.24, 2.45) is 0 Å². The molecule has 4 rings (SSSR count). The Labute approximate surface area is 160 Å². The lowest BCUT2D eigenvalue weighted by Crippen LogP contribution is -2.15. The molecule has 2 heterocycles. The van der Waals surface area contributed by atoms with Gasteiger partial charge in [-0.3, -0.25) is 9.20 Å². The molecule has 4 nitrogen and oxygen atoms in total. The van der Waals surface area contributed by atoms with Crippen LogP contribution >= 0.6 is 11.3 Å². The molecule has 0 spiro atoms. The lowest BCUT2D eigenvalue weighted by Gasteiger charge is -2.10. The van der Waals surface area contributed by atoms with E-state index in [4.69, 9.17) is 0 Å². The molecule has 0 radical (unpaired) electrons. The number of aromatic nitrogens is 2. The summed E-state index contributed by atoms with van der Waals surface area (Å²) in [7, 11) is 0. The highest BCUT2D eigenvalue weighted by molar-refractivity contribution is 7.15. The van der Waals surface area contributed by atoms with Crippen LogP contribution in [0.5, 0.6) is 0 Å². The molecule has 2 aromatic carbocycles. The molecule has 1 N–H and O–H groups in total. The van der Waals surface area contributed by atoms with Crippen molar-refractivity contribution >= 4 is 27.9 Å². The Balaban J connectivity index is 1.64. The smallest absolute Gasteiger partial charge is 0.321 e. The number of benzene rings is 2. The fraction of sp³-hybridized carbons (Fsp3) is 0.0526. The topological polar surface area (TPSA) is 46.4 Å². The van der Waals surface area contributed by atoms with Crippen LogP contribution in [0.4, 0.5) is 23.2 Å². The Hall–Kier alpha value is -3.20. The standard InChI is InChI=1S/C19H11F4N3OS/c20-14-7-6-12(8-13(14)19(21,22)23)24-17(27)16-10-28-18-25-15(9-26(16)18)11-4-2-1-3-5-11/h1-10H,(H,24,27). The third-order valence-electron chi connectivity index (χ3n) is 4.04. The zero-order valence-corrected chi connectivity index (χ0v) is 14.8. The van der Waals surface area contributed by atoms with Crippen LogP contribution in [-0.4, -0.2) is 15.3 Å². The minimum atomic E-state index is -4.85. The molecular weight excluding hydrogens is 394 g/mol. The maximum atomic E-state index is 13.4. The summed E-state index contributed by atoms with van der Waals surface area (Å²) in [5, 5.41) is 3.93. The second kappa shape index (κ2) is 6.75. The molecule has 28 heavy (non-hydrogen) atoms. The summed E-state index contributed by atoms with van der Waals surface area (Å²) >= 11 is 1.23. The number of alkyl halides is 3. The molecule has 1 amide bonds. The predicted molar refractivity (Wildman–Crippen MR) is 97.9 cm³/mol. The zero-order chi connectivity index (χ0) is 19.9. The number of rotatable bonds is 3. The van der Waals surface area contributed by atoms with Crippen molar-refractivity contribution in [3.05, 3.63) is 77.2 Å². The molecule has 0 aliphatic rings. The number of thiazole rings is 1. The van der Waals surface area contributed by atoms with Gasteiger partial charge in [0.2, 0.25) is 0 Å². The van der Waals surface area contributed by atoms with Gasteiger partial charge in [0.25, 0.3) is 5.91 Å². The van der Waals surface area contributed by atoms with Gasteiger partial charge in [-0.05, 0) is 18.2 Å². The van der Waals surface area contributed by atoms with Gasteiger partial charge in [0, 0.05) is 22.8 Å². The third-order valence-corrected chi connectivity index (χ3v) is 4.88. The zero-order valence-electron chi connectivity index (χ0n) is 14.0. The van der Waals surface area contributed by atoms with E-state index in [2.05, 4.69) is 10.3 Å². The number of nitrogens with one attached hydrogen (secondary N) is 1. The molecule has 2 aromatic heterocycles. The van der Waals surface area contributed by atoms with Crippen molar-refractivity contribution in [1.82, 2.24) is 9.38 Å². The first-order valence-electron chi connectivity index (χ1n) is 8.03. The summed E-state index contributed by atoms with van der Waals surface area (Å²) in [6.07, 6.45) is -3.17. The number of anilines is 1. The van der Waals surface area contributed by atoms with Crippen LogP contribution in [0.2, 0.25) is 0 Å². The highest BCUT2D eigenvalue weighted by Crippen LogP contribution is 2.33. The molecule has 0 saturated carbocycles. The molecule has 0 atom stereocenters. The van der Waals surface area contributed by atoms with Gasteiger partial charge in [-0.1, -0.05) is 30.3 Å². The Morgan fingerprint density at radius 3 is 2.57 bits per heavy atom. The van der Waals surface area contributed by atoms with E-state index in [1.165, 1.54) is 11.3 Å². The molecule has 0 saturated heterocycles. The first-order valence-corrected chi connectivity index (χ1v) is 8.91. The maximum absolute atomic E-state index is 13.4. The number of imidazole rings is 1. The molecule has 0 aliphatic heterocycles. The quantitative estimate of drug-likeness (QED) is 0.459. The minimum absolute atomic E-state index is 0.151. The molecule has 0 aliphatic carbocycles. The second-order valence-electron chi connectivity index (χ2n) is 5.91. The van der Waals surface area contributed by atoms with Crippen LogP contribution < -0.4 is 5.32 Å². The fourth-order valence-corrected chi connectivity index (χ4v) is 3.56. The first kappa shape index (κ1) is 18.2. The lowest BCUT2D eigenvalue weighted by molar-refractivity contribution is -0.139. The van der Waals surface area contributed by atoms with Crippen LogP contribution in [0, 0.1) is 5.82 Å². The van der Waals surface area contributed by atoms with Crippen molar-refractivity contribution in [2.45, 2.75) is 6.18 Å². The van der Waals surface area contributed by atoms with Crippen LogP contribution in [0.1, 0.15) is 16.1 Å². The number of amides is 1. The normalized spacial score (nSPS) is 11.7. The molecule has 0 unspecified atom stereocenters. The van der Waals surface area contributed by atoms with Gasteiger partial charge in [0.1, 0.15) is 11.5 Å². The highest BCUT2D eigenvalue weighted by Gasteiger charge is 2.34. The van der Waals surface area contributed by atoms with Crippen LogP contribution in [-0.2, 0) is 6.18 Å². The predicted octanol–water partition coefficient (Wildman–Crippen LogP) is 5.47. The highest BCUT2D eigenvalue weighted by atomic mass is 32.1. The van der Waals surface area contributed by atoms with Crippen LogP contribution in [0.3, 0.4) is 0 Å². The number of halogens is 4. The monoisotopic (exact) mass is 405 g/mol. The number of fused-ring (bicyclic) bond motifs is 1. The van der Waals surface area contributed by atoms with Crippen molar-refractivity contribution < 1.29 is 22.4 Å². The number of nitrogens with zero attached hydrogens (tertiary/aromatic N) is 2. The van der Waals surface area contributed by atoms with Gasteiger partial charge < -0.3 is 5.32 Å². The van der Waals surface area contributed by atoms with Crippen molar-refractivity contribution in [1.29, 1.82) is 0 Å². The van der Waals surface area contributed by atoms with Gasteiger partial charge in [0.15, 0.2) is 4.96 Å². The van der Waals surface area contributed by atoms with Crippen LogP contribution in [0.15, 0.2) is 60.1 Å². The van der Waals surface area contributed by atoms with Gasteiger partial charge in [-0.15, -0.1) is 11.3 Å². The third kappa shape index (κ3) is 3.36. The van der Waals surface area contributed by atoms with Crippen molar-refractivity contribution in [3.63, 3.8) is 0 Å². The number of hydrogen-bond donors (Lipinski definition) is 1. The van der Waals surface area contributed by atoms with Gasteiger partial charge >= 0.3 is 6.18 Å². The van der Waals surface area contributed by atoms with E-state index in [0.717, 1.165) is 11.6 Å². The van der Waals surface area contributed by atoms with Gasteiger partial charge in [-0.2, -0.15) is 13.2 Å². The van der Waals surface area contributed by atoms with E-state index in [9.17, 15) is 22.4 Å². The summed E-state index contributed by atoms with van der Waals surface area (Å²) in [6.45, 7) is 0. The summed E-state index contributed by atoms with van der Waals surface area (Å²) in [5.74, 6) is -2.02. The van der Waals surface area contributed by atoms with Gasteiger partial charge in [0.05, 0.1) is 11.3 Å². The molecule has 0 bridgehead atoms. The average Bonchev–Trinajstić information content (AvgIpc) is 3.23. The number of carbonyl (C=O) groups is 1. The van der Waals surface area contributed by atoms with Crippen LogP contribution in [0.25, 0.3) is 16.2 Å². The second-order valence-corrected chi connectivity index (χ2v) is 6.75. The minimum Gasteiger partial charge on any atom is -0.321 e.